The van der Waals surface area contributed by atoms with Crippen molar-refractivity contribution in [3.63, 3.8) is 0 Å². The van der Waals surface area contributed by atoms with Gasteiger partial charge in [0.2, 0.25) is 0 Å². The molecule has 0 amide bonds. The van der Waals surface area contributed by atoms with E-state index < -0.39 is 0 Å². The highest BCUT2D eigenvalue weighted by Crippen LogP contribution is 2.23. The fraction of sp³-hybridized carbons (Fsp3) is 0.429. The van der Waals surface area contributed by atoms with E-state index in [2.05, 4.69) is 65.8 Å². The summed E-state index contributed by atoms with van der Waals surface area (Å²) in [5.41, 5.74) is 4.86. The van der Waals surface area contributed by atoms with Gasteiger partial charge in [-0.05, 0) is 54.0 Å². The quantitative estimate of drug-likeness (QED) is 0.560. The number of hydrogen-bond acceptors (Lipinski definition) is 0. The normalized spacial score (nSPS) is 11.1. The van der Waals surface area contributed by atoms with E-state index in [-0.39, 0.29) is 11.2 Å². The maximum atomic E-state index is 13.0. The van der Waals surface area contributed by atoms with Gasteiger partial charge < -0.3 is 0 Å². The first kappa shape index (κ1) is 18.4. The van der Waals surface area contributed by atoms with Crippen LogP contribution in [0.3, 0.4) is 0 Å². The largest absolute Gasteiger partial charge is 0.207 e. The average molecular weight is 300 g/mol. The summed E-state index contributed by atoms with van der Waals surface area (Å²) in [5, 5.41) is 0. The third kappa shape index (κ3) is 6.01. The summed E-state index contributed by atoms with van der Waals surface area (Å²) in [6.07, 6.45) is 0. The highest BCUT2D eigenvalue weighted by molar-refractivity contribution is 5.28. The topological polar surface area (TPSA) is 0 Å². The number of hydrogen-bond donors (Lipinski definition) is 0. The number of benzene rings is 2. The van der Waals surface area contributed by atoms with Gasteiger partial charge >= 0.3 is 0 Å². The molecule has 1 heteroatoms. The van der Waals surface area contributed by atoms with Crippen LogP contribution in [0.4, 0.5) is 4.39 Å². The third-order valence-electron chi connectivity index (χ3n) is 3.62. The number of aryl methyl sites for hydroxylation is 2. The van der Waals surface area contributed by atoms with Gasteiger partial charge in [-0.15, -0.1) is 0 Å². The van der Waals surface area contributed by atoms with Gasteiger partial charge in [0.1, 0.15) is 5.82 Å². The summed E-state index contributed by atoms with van der Waals surface area (Å²) in [4.78, 5) is 0. The summed E-state index contributed by atoms with van der Waals surface area (Å²) >= 11 is 0. The fourth-order valence-corrected chi connectivity index (χ4v) is 2.20. The predicted octanol–water partition coefficient (Wildman–Crippen LogP) is 6.55. The molecule has 0 aromatic heterocycles. The Labute approximate surface area is 135 Å². The first-order valence-corrected chi connectivity index (χ1v) is 7.94. The molecule has 0 N–H and O–H groups in total. The monoisotopic (exact) mass is 300 g/mol. The van der Waals surface area contributed by atoms with Crippen LogP contribution in [0.25, 0.3) is 0 Å². The first-order chi connectivity index (χ1) is 10.1. The van der Waals surface area contributed by atoms with Crippen molar-refractivity contribution in [3.8, 4) is 0 Å². The minimum Gasteiger partial charge on any atom is -0.207 e. The number of rotatable bonds is 1. The molecule has 0 bridgehead atoms. The molecule has 2 aromatic rings. The molecule has 120 valence electrons. The van der Waals surface area contributed by atoms with Crippen molar-refractivity contribution in [3.05, 3.63) is 70.5 Å². The lowest BCUT2D eigenvalue weighted by Gasteiger charge is -2.19. The van der Waals surface area contributed by atoms with Crippen molar-refractivity contribution in [1.29, 1.82) is 0 Å². The van der Waals surface area contributed by atoms with Crippen LogP contribution in [-0.4, -0.2) is 0 Å². The minimum absolute atomic E-state index is 0.0346. The summed E-state index contributed by atoms with van der Waals surface area (Å²) in [5.74, 6) is 0.514. The van der Waals surface area contributed by atoms with Crippen molar-refractivity contribution in [2.24, 2.45) is 0 Å². The SMILES string of the molecule is Cc1cc(F)cc(C(C)(C)C)c1.Cc1cccc(C(C)C)c1. The zero-order valence-electron chi connectivity index (χ0n) is 15.0. The average Bonchev–Trinajstić information content (AvgIpc) is 2.37. The zero-order chi connectivity index (χ0) is 16.9. The van der Waals surface area contributed by atoms with Crippen LogP contribution in [0.5, 0.6) is 0 Å². The Balaban J connectivity index is 0.000000224. The molecule has 2 aromatic carbocycles. The van der Waals surface area contributed by atoms with Gasteiger partial charge in [-0.3, -0.25) is 0 Å². The Hall–Kier alpha value is -1.63. The van der Waals surface area contributed by atoms with Gasteiger partial charge in [0.05, 0.1) is 0 Å². The lowest BCUT2D eigenvalue weighted by molar-refractivity contribution is 0.571. The summed E-state index contributed by atoms with van der Waals surface area (Å²) in [6, 6.07) is 13.9. The molecule has 0 spiro atoms. The molecule has 2 rings (SSSR count). The van der Waals surface area contributed by atoms with Crippen LogP contribution in [0.2, 0.25) is 0 Å². The van der Waals surface area contributed by atoms with Gasteiger partial charge in [-0.25, -0.2) is 4.39 Å². The van der Waals surface area contributed by atoms with Crippen molar-refractivity contribution in [2.75, 3.05) is 0 Å². The Morgan fingerprint density at radius 3 is 1.91 bits per heavy atom. The molecule has 0 saturated heterocycles. The molecule has 0 heterocycles. The maximum Gasteiger partial charge on any atom is 0.123 e. The van der Waals surface area contributed by atoms with Gasteiger partial charge in [-0.2, -0.15) is 0 Å². The van der Waals surface area contributed by atoms with E-state index >= 15 is 0 Å². The molecule has 0 nitrogen and oxygen atoms in total. The van der Waals surface area contributed by atoms with Gasteiger partial charge in [0.15, 0.2) is 0 Å². The van der Waals surface area contributed by atoms with E-state index in [1.165, 1.54) is 11.1 Å². The lowest BCUT2D eigenvalue weighted by atomic mass is 9.86. The van der Waals surface area contributed by atoms with E-state index in [1.807, 2.05) is 13.0 Å². The van der Waals surface area contributed by atoms with Crippen LogP contribution in [-0.2, 0) is 5.41 Å². The van der Waals surface area contributed by atoms with Gasteiger partial charge in [-0.1, -0.05) is 70.5 Å². The maximum absolute atomic E-state index is 13.0. The van der Waals surface area contributed by atoms with Crippen LogP contribution in [0, 0.1) is 19.7 Å². The summed E-state index contributed by atoms with van der Waals surface area (Å²) < 4.78 is 13.0. The van der Waals surface area contributed by atoms with E-state index in [4.69, 9.17) is 0 Å². The van der Waals surface area contributed by atoms with E-state index in [0.717, 1.165) is 11.1 Å². The highest BCUT2D eigenvalue weighted by atomic mass is 19.1. The fourth-order valence-electron chi connectivity index (χ4n) is 2.20. The third-order valence-corrected chi connectivity index (χ3v) is 3.62. The van der Waals surface area contributed by atoms with Gasteiger partial charge in [0, 0.05) is 0 Å². The van der Waals surface area contributed by atoms with Crippen LogP contribution >= 0.6 is 0 Å². The summed E-state index contributed by atoms with van der Waals surface area (Å²) in [6.45, 7) is 14.7. The van der Waals surface area contributed by atoms with E-state index in [9.17, 15) is 4.39 Å². The second-order valence-electron chi connectivity index (χ2n) is 7.34. The van der Waals surface area contributed by atoms with Crippen molar-refractivity contribution in [1.82, 2.24) is 0 Å². The molecule has 0 unspecified atom stereocenters. The Kier molecular flexibility index (Phi) is 6.34. The van der Waals surface area contributed by atoms with E-state index in [1.54, 1.807) is 12.1 Å². The second kappa shape index (κ2) is 7.58. The Morgan fingerprint density at radius 1 is 0.864 bits per heavy atom. The molecule has 0 fully saturated rings. The van der Waals surface area contributed by atoms with Gasteiger partial charge in [0.25, 0.3) is 0 Å². The smallest absolute Gasteiger partial charge is 0.123 e. The van der Waals surface area contributed by atoms with Crippen molar-refractivity contribution < 1.29 is 4.39 Å². The lowest BCUT2D eigenvalue weighted by Crippen LogP contribution is -2.11. The summed E-state index contributed by atoms with van der Waals surface area (Å²) in [7, 11) is 0. The first-order valence-electron chi connectivity index (χ1n) is 7.94. The number of halogens is 1. The Bertz CT molecular complexity index is 583. The van der Waals surface area contributed by atoms with Crippen molar-refractivity contribution >= 4 is 0 Å². The molecule has 0 aliphatic heterocycles. The van der Waals surface area contributed by atoms with Crippen molar-refractivity contribution in [2.45, 2.75) is 59.8 Å². The van der Waals surface area contributed by atoms with Crippen LogP contribution in [0.15, 0.2) is 42.5 Å². The van der Waals surface area contributed by atoms with Crippen LogP contribution in [0.1, 0.15) is 62.8 Å². The standard InChI is InChI=1S/C11H15F.C10H14/c1-8-5-9(11(2,3)4)7-10(12)6-8;1-8(2)10-6-4-5-9(3)7-10/h5-7H,1-4H3;4-8H,1-3H3. The van der Waals surface area contributed by atoms with Crippen LogP contribution < -0.4 is 0 Å². The van der Waals surface area contributed by atoms with E-state index in [0.29, 0.717) is 5.92 Å². The molecule has 0 saturated carbocycles. The molecular weight excluding hydrogens is 271 g/mol. The molecule has 0 atom stereocenters. The molecule has 22 heavy (non-hydrogen) atoms. The highest BCUT2D eigenvalue weighted by Gasteiger charge is 2.14. The molecular formula is C21H29F. The molecule has 0 aliphatic carbocycles. The minimum atomic E-state index is -0.139. The second-order valence-corrected chi connectivity index (χ2v) is 7.34. The molecule has 0 radical (unpaired) electrons. The molecule has 0 aliphatic rings. The predicted molar refractivity (Wildman–Crippen MR) is 95.1 cm³/mol. The Morgan fingerprint density at radius 2 is 1.50 bits per heavy atom. The zero-order valence-corrected chi connectivity index (χ0v) is 15.0.